The minimum Gasteiger partial charge on any atom is -0.385 e. The molecule has 0 aliphatic carbocycles. The fourth-order valence-corrected chi connectivity index (χ4v) is 1.61. The van der Waals surface area contributed by atoms with Crippen LogP contribution in [0.4, 0.5) is 0 Å². The van der Waals surface area contributed by atoms with E-state index in [1.54, 1.807) is 7.11 Å². The van der Waals surface area contributed by atoms with Crippen LogP contribution in [0.15, 0.2) is 0 Å². The van der Waals surface area contributed by atoms with Crippen molar-refractivity contribution in [3.05, 3.63) is 0 Å². The molecule has 0 fully saturated rings. The number of methoxy groups -OCH3 is 1. The Labute approximate surface area is 101 Å². The molecule has 0 aromatic rings. The third kappa shape index (κ3) is 11.5. The van der Waals surface area contributed by atoms with Crippen molar-refractivity contribution in [1.29, 1.82) is 0 Å². The van der Waals surface area contributed by atoms with Crippen molar-refractivity contribution in [3.8, 4) is 0 Å². The maximum absolute atomic E-state index is 11.2. The van der Waals surface area contributed by atoms with Crippen LogP contribution in [0.1, 0.15) is 32.6 Å². The molecule has 0 bridgehead atoms. The molecule has 0 rings (SSSR count). The predicted octanol–water partition coefficient (Wildman–Crippen LogP) is 1.59. The van der Waals surface area contributed by atoms with Crippen LogP contribution in [0, 0.1) is 0 Å². The van der Waals surface area contributed by atoms with Crippen LogP contribution in [0.25, 0.3) is 0 Å². The molecule has 0 aliphatic rings. The number of hydrogen-bond donors (Lipinski definition) is 1. The second-order valence-electron chi connectivity index (χ2n) is 3.54. The zero-order valence-electron chi connectivity index (χ0n) is 10.1. The van der Waals surface area contributed by atoms with Crippen LogP contribution in [-0.4, -0.2) is 37.0 Å². The summed E-state index contributed by atoms with van der Waals surface area (Å²) in [5, 5.41) is 2.77. The molecule has 0 radical (unpaired) electrons. The summed E-state index contributed by atoms with van der Waals surface area (Å²) in [5.41, 5.74) is 0. The van der Waals surface area contributed by atoms with E-state index < -0.39 is 0 Å². The number of nitrogens with one attached hydrogen (secondary N) is 1. The Bertz CT molecular complexity index is 209. The van der Waals surface area contributed by atoms with Crippen LogP contribution in [0.3, 0.4) is 0 Å². The Balaban J connectivity index is 3.18. The largest absolute Gasteiger partial charge is 0.385 e. The van der Waals surface area contributed by atoms with E-state index in [9.17, 15) is 9.59 Å². The second kappa shape index (κ2) is 11.0. The maximum atomic E-state index is 11.2. The van der Waals surface area contributed by atoms with Gasteiger partial charge < -0.3 is 10.1 Å². The van der Waals surface area contributed by atoms with Crippen molar-refractivity contribution in [2.45, 2.75) is 32.6 Å². The minimum atomic E-state index is -0.0582. The summed E-state index contributed by atoms with van der Waals surface area (Å²) in [6, 6.07) is 0. The summed E-state index contributed by atoms with van der Waals surface area (Å²) < 4.78 is 4.94. The van der Waals surface area contributed by atoms with Crippen molar-refractivity contribution >= 4 is 22.8 Å². The molecule has 0 atom stereocenters. The van der Waals surface area contributed by atoms with Gasteiger partial charge in [0.15, 0.2) is 5.12 Å². The molecule has 0 aromatic carbocycles. The Kier molecular flexibility index (Phi) is 10.6. The summed E-state index contributed by atoms with van der Waals surface area (Å²) in [6.07, 6.45) is 4.29. The van der Waals surface area contributed by atoms with Gasteiger partial charge in [-0.3, -0.25) is 9.59 Å². The molecular weight excluding hydrogens is 226 g/mol. The van der Waals surface area contributed by atoms with Gasteiger partial charge in [-0.05, 0) is 12.8 Å². The highest BCUT2D eigenvalue weighted by molar-refractivity contribution is 8.14. The topological polar surface area (TPSA) is 55.4 Å². The third-order valence-electron chi connectivity index (χ3n) is 2.00. The third-order valence-corrected chi connectivity index (χ3v) is 2.82. The van der Waals surface area contributed by atoms with Crippen LogP contribution in [0.2, 0.25) is 0 Å². The Hall–Kier alpha value is -0.550. The van der Waals surface area contributed by atoms with Crippen molar-refractivity contribution in [3.63, 3.8) is 0 Å². The molecule has 0 aromatic heterocycles. The molecule has 1 amide bonds. The maximum Gasteiger partial charge on any atom is 0.230 e. The summed E-state index contributed by atoms with van der Waals surface area (Å²) in [7, 11) is 1.70. The van der Waals surface area contributed by atoms with Gasteiger partial charge in [0.2, 0.25) is 5.91 Å². The molecule has 0 saturated heterocycles. The van der Waals surface area contributed by atoms with E-state index >= 15 is 0 Å². The van der Waals surface area contributed by atoms with Crippen LogP contribution < -0.4 is 5.32 Å². The molecule has 0 saturated carbocycles. The highest BCUT2D eigenvalue weighted by atomic mass is 32.2. The first kappa shape index (κ1) is 15.4. The standard InChI is InChI=1S/C11H21NO3S/c1-10(13)16-9-11(14)12-7-5-3-4-6-8-15-2/h3-9H2,1-2H3,(H,12,14). The Morgan fingerprint density at radius 1 is 1.19 bits per heavy atom. The number of hydrogen-bond acceptors (Lipinski definition) is 4. The second-order valence-corrected chi connectivity index (χ2v) is 4.69. The van der Waals surface area contributed by atoms with Gasteiger partial charge >= 0.3 is 0 Å². The van der Waals surface area contributed by atoms with Crippen LogP contribution in [-0.2, 0) is 14.3 Å². The van der Waals surface area contributed by atoms with E-state index in [-0.39, 0.29) is 16.8 Å². The lowest BCUT2D eigenvalue weighted by Gasteiger charge is -2.04. The fourth-order valence-electron chi connectivity index (χ4n) is 1.17. The van der Waals surface area contributed by atoms with Gasteiger partial charge in [-0.15, -0.1) is 0 Å². The van der Waals surface area contributed by atoms with Gasteiger partial charge in [-0.25, -0.2) is 0 Å². The van der Waals surface area contributed by atoms with Crippen LogP contribution >= 0.6 is 11.8 Å². The van der Waals surface area contributed by atoms with E-state index in [0.29, 0.717) is 6.54 Å². The summed E-state index contributed by atoms with van der Waals surface area (Å²) in [4.78, 5) is 21.8. The number of amides is 1. The van der Waals surface area contributed by atoms with Gasteiger partial charge in [-0.2, -0.15) is 0 Å². The quantitative estimate of drug-likeness (QED) is 0.629. The molecule has 0 unspecified atom stereocenters. The zero-order valence-corrected chi connectivity index (χ0v) is 10.9. The SMILES string of the molecule is COCCCCCCNC(=O)CSC(C)=O. The van der Waals surface area contributed by atoms with Gasteiger partial charge in [0.25, 0.3) is 0 Å². The first-order valence-electron chi connectivity index (χ1n) is 5.56. The van der Waals surface area contributed by atoms with Crippen molar-refractivity contribution in [2.24, 2.45) is 0 Å². The number of rotatable bonds is 9. The lowest BCUT2D eigenvalue weighted by Crippen LogP contribution is -2.26. The molecular formula is C11H21NO3S. The van der Waals surface area contributed by atoms with Gasteiger partial charge in [0.1, 0.15) is 0 Å². The normalized spacial score (nSPS) is 10.1. The molecule has 94 valence electrons. The molecule has 16 heavy (non-hydrogen) atoms. The van der Waals surface area contributed by atoms with Gasteiger partial charge in [0, 0.05) is 27.2 Å². The number of unbranched alkanes of at least 4 members (excludes halogenated alkanes) is 3. The molecule has 4 nitrogen and oxygen atoms in total. The Morgan fingerprint density at radius 3 is 2.50 bits per heavy atom. The molecule has 0 spiro atoms. The first-order valence-corrected chi connectivity index (χ1v) is 6.54. The molecule has 0 aliphatic heterocycles. The zero-order chi connectivity index (χ0) is 12.2. The number of carbonyl (C=O) groups is 2. The number of ether oxygens (including phenoxy) is 1. The van der Waals surface area contributed by atoms with E-state index in [4.69, 9.17) is 4.74 Å². The van der Waals surface area contributed by atoms with Crippen LogP contribution in [0.5, 0.6) is 0 Å². The van der Waals surface area contributed by atoms with E-state index in [2.05, 4.69) is 5.32 Å². The monoisotopic (exact) mass is 247 g/mol. The van der Waals surface area contributed by atoms with Gasteiger partial charge in [-0.1, -0.05) is 24.6 Å². The lowest BCUT2D eigenvalue weighted by atomic mass is 10.2. The molecule has 0 heterocycles. The van der Waals surface area contributed by atoms with Crippen molar-refractivity contribution in [1.82, 2.24) is 5.32 Å². The summed E-state index contributed by atoms with van der Waals surface area (Å²) >= 11 is 1.05. The Morgan fingerprint density at radius 2 is 1.88 bits per heavy atom. The highest BCUT2D eigenvalue weighted by Gasteiger charge is 2.02. The smallest absolute Gasteiger partial charge is 0.230 e. The van der Waals surface area contributed by atoms with Crippen molar-refractivity contribution < 1.29 is 14.3 Å². The number of thioether (sulfide) groups is 1. The average molecular weight is 247 g/mol. The molecule has 1 N–H and O–H groups in total. The van der Waals surface area contributed by atoms with E-state index in [1.807, 2.05) is 0 Å². The first-order chi connectivity index (χ1) is 7.66. The van der Waals surface area contributed by atoms with E-state index in [0.717, 1.165) is 44.1 Å². The summed E-state index contributed by atoms with van der Waals surface area (Å²) in [5.74, 6) is 0.177. The minimum absolute atomic E-state index is 0.0188. The molecule has 5 heteroatoms. The van der Waals surface area contributed by atoms with Gasteiger partial charge in [0.05, 0.1) is 5.75 Å². The predicted molar refractivity (Wildman–Crippen MR) is 66.5 cm³/mol. The fraction of sp³-hybridized carbons (Fsp3) is 0.818. The van der Waals surface area contributed by atoms with E-state index in [1.165, 1.54) is 6.92 Å². The highest BCUT2D eigenvalue weighted by Crippen LogP contribution is 2.01. The number of carbonyl (C=O) groups excluding carboxylic acids is 2. The van der Waals surface area contributed by atoms with Crippen molar-refractivity contribution in [2.75, 3.05) is 26.0 Å². The average Bonchev–Trinajstić information content (AvgIpc) is 2.25. The lowest BCUT2D eigenvalue weighted by molar-refractivity contribution is -0.118. The summed E-state index contributed by atoms with van der Waals surface area (Å²) in [6.45, 7) is 2.97.